The minimum atomic E-state index is -0.843. The summed E-state index contributed by atoms with van der Waals surface area (Å²) in [5.74, 6) is -0.610. The predicted octanol–water partition coefficient (Wildman–Crippen LogP) is 3.72. The molecule has 0 spiro atoms. The van der Waals surface area contributed by atoms with Gasteiger partial charge in [-0.15, -0.1) is 0 Å². The molecule has 0 heterocycles. The fourth-order valence-corrected chi connectivity index (χ4v) is 4.31. The summed E-state index contributed by atoms with van der Waals surface area (Å²) in [4.78, 5) is 49.1. The largest absolute Gasteiger partial charge is 0.466 e. The molecule has 4 N–H and O–H groups in total. The van der Waals surface area contributed by atoms with Crippen LogP contribution in [0.3, 0.4) is 0 Å². The number of hydrogen-bond donors (Lipinski definition) is 3. The summed E-state index contributed by atoms with van der Waals surface area (Å²) in [5.41, 5.74) is 7.31. The topological polar surface area (TPSA) is 158 Å². The van der Waals surface area contributed by atoms with Crippen molar-refractivity contribution < 1.29 is 33.4 Å². The van der Waals surface area contributed by atoms with E-state index in [4.69, 9.17) is 25.4 Å². The highest BCUT2D eigenvalue weighted by Gasteiger charge is 2.22. The zero-order valence-corrected chi connectivity index (χ0v) is 23.7. The van der Waals surface area contributed by atoms with Gasteiger partial charge in [0.1, 0.15) is 17.6 Å². The van der Waals surface area contributed by atoms with E-state index in [9.17, 15) is 19.2 Å². The minimum Gasteiger partial charge on any atom is -0.466 e. The number of nitrogens with one attached hydrogen (secondary N) is 2. The van der Waals surface area contributed by atoms with Crippen LogP contribution in [0.2, 0.25) is 0 Å². The molecule has 1 atom stereocenters. The first-order valence-electron chi connectivity index (χ1n) is 12.8. The summed E-state index contributed by atoms with van der Waals surface area (Å²) in [6.07, 6.45) is 2.53. The smallest absolute Gasteiger partial charge is 0.343 e. The first-order chi connectivity index (χ1) is 19.1. The number of rotatable bonds is 15. The molecule has 0 aromatic heterocycles. The Balaban J connectivity index is 1.95. The maximum Gasteiger partial charge on any atom is 0.343 e. The molecule has 10 nitrogen and oxygen atoms in total. The van der Waals surface area contributed by atoms with E-state index in [-0.39, 0.29) is 18.4 Å². The van der Waals surface area contributed by atoms with Gasteiger partial charge in [0.05, 0.1) is 18.8 Å². The molecule has 0 aliphatic heterocycles. The Morgan fingerprint density at radius 1 is 0.975 bits per heavy atom. The van der Waals surface area contributed by atoms with Crippen LogP contribution in [-0.2, 0) is 23.9 Å². The van der Waals surface area contributed by atoms with Crippen molar-refractivity contribution in [3.63, 3.8) is 0 Å². The molecule has 0 aliphatic rings. The van der Waals surface area contributed by atoms with E-state index in [2.05, 4.69) is 5.32 Å². The van der Waals surface area contributed by atoms with E-state index in [1.807, 2.05) is 0 Å². The van der Waals surface area contributed by atoms with Gasteiger partial charge in [-0.1, -0.05) is 12.1 Å². The summed E-state index contributed by atoms with van der Waals surface area (Å²) in [6, 6.07) is 12.0. The molecule has 2 aromatic rings. The van der Waals surface area contributed by atoms with Crippen LogP contribution in [0.15, 0.2) is 54.1 Å². The third kappa shape index (κ3) is 10.9. The molecule has 40 heavy (non-hydrogen) atoms. The molecule has 0 saturated heterocycles. The molecule has 0 saturated carbocycles. The summed E-state index contributed by atoms with van der Waals surface area (Å²) in [5, 5.41) is 10.1. The number of nitrogens with two attached hydrogens (primary N) is 1. The summed E-state index contributed by atoms with van der Waals surface area (Å²) < 4.78 is 15.4. The van der Waals surface area contributed by atoms with Crippen molar-refractivity contribution in [1.29, 1.82) is 5.41 Å². The number of amides is 1. The Morgan fingerprint density at radius 3 is 2.20 bits per heavy atom. The summed E-state index contributed by atoms with van der Waals surface area (Å²) in [6.45, 7) is 5.59. The molecule has 2 rings (SSSR count). The molecule has 0 unspecified atom stereocenters. The van der Waals surface area contributed by atoms with Crippen LogP contribution in [0.4, 0.5) is 0 Å². The maximum atomic E-state index is 12.8. The van der Waals surface area contributed by atoms with Crippen LogP contribution < -0.4 is 15.8 Å². The number of amidine groups is 1. The zero-order valence-electron chi connectivity index (χ0n) is 22.9. The van der Waals surface area contributed by atoms with Crippen molar-refractivity contribution in [1.82, 2.24) is 5.32 Å². The van der Waals surface area contributed by atoms with E-state index in [0.717, 1.165) is 0 Å². The standard InChI is InChI=1S/C29H35N3O7S/c1-4-37-25(33)7-6-16-40-18-24(29(36)38-5-2)32-27(34)19(3)17-20-8-10-22(11-9-20)28(35)39-23-14-12-21(13-15-23)26(30)31/h8-15,17,24H,4-7,16,18H2,1-3H3,(H3,30,31)(H,32,34)/b19-17+/t24-/m0/s1. The molecular weight excluding hydrogens is 534 g/mol. The maximum absolute atomic E-state index is 12.8. The molecule has 2 aromatic carbocycles. The second-order valence-corrected chi connectivity index (χ2v) is 9.69. The van der Waals surface area contributed by atoms with Gasteiger partial charge in [0.15, 0.2) is 0 Å². The second kappa shape index (κ2) is 16.8. The average Bonchev–Trinajstić information content (AvgIpc) is 2.93. The number of carbonyl (C=O) groups is 4. The minimum absolute atomic E-state index is 0.0800. The van der Waals surface area contributed by atoms with Gasteiger partial charge in [0, 0.05) is 23.3 Å². The Kier molecular flexibility index (Phi) is 13.4. The Morgan fingerprint density at radius 2 is 1.60 bits per heavy atom. The molecule has 0 bridgehead atoms. The number of ether oxygens (including phenoxy) is 3. The highest BCUT2D eigenvalue weighted by Crippen LogP contribution is 2.16. The van der Waals surface area contributed by atoms with Crippen LogP contribution in [0.1, 0.15) is 55.1 Å². The Hall–Kier alpha value is -4.12. The molecular formula is C29H35N3O7S. The summed E-state index contributed by atoms with van der Waals surface area (Å²) in [7, 11) is 0. The van der Waals surface area contributed by atoms with E-state index < -0.39 is 23.9 Å². The Labute approximate surface area is 238 Å². The van der Waals surface area contributed by atoms with Gasteiger partial charge in [-0.25, -0.2) is 9.59 Å². The number of nitrogen functional groups attached to an aromatic ring is 1. The van der Waals surface area contributed by atoms with E-state index >= 15 is 0 Å². The van der Waals surface area contributed by atoms with Crippen molar-refractivity contribution in [2.45, 2.75) is 39.7 Å². The van der Waals surface area contributed by atoms with E-state index in [1.54, 1.807) is 75.4 Å². The lowest BCUT2D eigenvalue weighted by Gasteiger charge is -2.17. The van der Waals surface area contributed by atoms with Crippen molar-refractivity contribution >= 4 is 47.5 Å². The van der Waals surface area contributed by atoms with Gasteiger partial charge in [0.25, 0.3) is 0 Å². The van der Waals surface area contributed by atoms with Gasteiger partial charge >= 0.3 is 17.9 Å². The third-order valence-electron chi connectivity index (χ3n) is 5.40. The lowest BCUT2D eigenvalue weighted by molar-refractivity contribution is -0.146. The van der Waals surface area contributed by atoms with Gasteiger partial charge in [0.2, 0.25) is 5.91 Å². The van der Waals surface area contributed by atoms with Crippen LogP contribution in [0.25, 0.3) is 6.08 Å². The van der Waals surface area contributed by atoms with E-state index in [0.29, 0.717) is 59.0 Å². The number of thioether (sulfide) groups is 1. The SMILES string of the molecule is CCOC(=O)CCCSC[C@H](NC(=O)/C(C)=C/c1ccc(C(=O)Oc2ccc(C(=N)N)cc2)cc1)C(=O)OCC. The van der Waals surface area contributed by atoms with Crippen LogP contribution >= 0.6 is 11.8 Å². The molecule has 0 fully saturated rings. The van der Waals surface area contributed by atoms with Gasteiger partial charge in [-0.2, -0.15) is 11.8 Å². The van der Waals surface area contributed by atoms with E-state index in [1.165, 1.54) is 11.8 Å². The van der Waals surface area contributed by atoms with Gasteiger partial charge in [-0.05, 0) is 81.0 Å². The third-order valence-corrected chi connectivity index (χ3v) is 6.55. The first kappa shape index (κ1) is 32.1. The Bertz CT molecular complexity index is 1210. The molecule has 214 valence electrons. The van der Waals surface area contributed by atoms with Crippen LogP contribution in [-0.4, -0.2) is 60.4 Å². The fraction of sp³-hybridized carbons (Fsp3) is 0.345. The lowest BCUT2D eigenvalue weighted by atomic mass is 10.1. The lowest BCUT2D eigenvalue weighted by Crippen LogP contribution is -2.44. The first-order valence-corrected chi connectivity index (χ1v) is 14.0. The van der Waals surface area contributed by atoms with Crippen molar-refractivity contribution in [3.8, 4) is 5.75 Å². The quantitative estimate of drug-likeness (QED) is 0.0726. The normalized spacial score (nSPS) is 11.7. The van der Waals surface area contributed by atoms with Gasteiger partial charge in [-0.3, -0.25) is 15.0 Å². The van der Waals surface area contributed by atoms with Crippen LogP contribution in [0.5, 0.6) is 5.75 Å². The summed E-state index contributed by atoms with van der Waals surface area (Å²) >= 11 is 1.44. The van der Waals surface area contributed by atoms with Crippen molar-refractivity contribution in [3.05, 3.63) is 70.8 Å². The number of esters is 3. The number of hydrogen-bond acceptors (Lipinski definition) is 9. The second-order valence-electron chi connectivity index (χ2n) is 8.54. The van der Waals surface area contributed by atoms with Crippen molar-refractivity contribution in [2.75, 3.05) is 24.7 Å². The highest BCUT2D eigenvalue weighted by molar-refractivity contribution is 7.99. The average molecular weight is 570 g/mol. The zero-order chi connectivity index (χ0) is 29.5. The highest BCUT2D eigenvalue weighted by atomic mass is 32.2. The molecule has 11 heteroatoms. The predicted molar refractivity (Wildman–Crippen MR) is 154 cm³/mol. The molecule has 1 amide bonds. The van der Waals surface area contributed by atoms with Crippen molar-refractivity contribution in [2.24, 2.45) is 5.73 Å². The molecule has 0 radical (unpaired) electrons. The van der Waals surface area contributed by atoms with Gasteiger partial charge < -0.3 is 25.3 Å². The number of carbonyl (C=O) groups excluding carboxylic acids is 4. The monoisotopic (exact) mass is 569 g/mol. The number of benzene rings is 2. The molecule has 0 aliphatic carbocycles. The van der Waals surface area contributed by atoms with Crippen LogP contribution in [0, 0.1) is 5.41 Å². The fourth-order valence-electron chi connectivity index (χ4n) is 3.34.